The lowest BCUT2D eigenvalue weighted by Crippen LogP contribution is -1.93. The lowest BCUT2D eigenvalue weighted by atomic mass is 10.2. The number of anilines is 1. The lowest BCUT2D eigenvalue weighted by molar-refractivity contribution is 0.864. The summed E-state index contributed by atoms with van der Waals surface area (Å²) >= 11 is 11.1. The van der Waals surface area contributed by atoms with E-state index in [1.165, 1.54) is 0 Å². The standard InChI is InChI=1S/C11H10Cl2N2/c12-11(13)5-7-15-6-4-8-9(14)2-1-3-10(8)15/h1-6H,7,14H2. The molecule has 0 amide bonds. The number of rotatable bonds is 2. The first-order chi connectivity index (χ1) is 7.18. The molecule has 4 heteroatoms. The molecule has 2 aromatic rings. The number of nitrogen functional groups attached to an aromatic ring is 1. The topological polar surface area (TPSA) is 30.9 Å². The molecule has 1 aromatic carbocycles. The van der Waals surface area contributed by atoms with Gasteiger partial charge < -0.3 is 10.3 Å². The zero-order valence-corrected chi connectivity index (χ0v) is 9.46. The van der Waals surface area contributed by atoms with Gasteiger partial charge in [-0.15, -0.1) is 0 Å². The van der Waals surface area contributed by atoms with Crippen molar-refractivity contribution in [2.75, 3.05) is 5.73 Å². The third kappa shape index (κ3) is 2.11. The van der Waals surface area contributed by atoms with E-state index < -0.39 is 0 Å². The van der Waals surface area contributed by atoms with Crippen LogP contribution in [0.3, 0.4) is 0 Å². The number of nitrogens with two attached hydrogens (primary N) is 1. The third-order valence-corrected chi connectivity index (χ3v) is 2.60. The first kappa shape index (κ1) is 10.4. The fourth-order valence-corrected chi connectivity index (χ4v) is 1.71. The smallest absolute Gasteiger partial charge is 0.104 e. The van der Waals surface area contributed by atoms with Crippen molar-refractivity contribution in [3.63, 3.8) is 0 Å². The van der Waals surface area contributed by atoms with Gasteiger partial charge in [-0.3, -0.25) is 0 Å². The van der Waals surface area contributed by atoms with Crippen molar-refractivity contribution in [1.82, 2.24) is 4.57 Å². The quantitative estimate of drug-likeness (QED) is 0.801. The van der Waals surface area contributed by atoms with Gasteiger partial charge in [0.2, 0.25) is 0 Å². The van der Waals surface area contributed by atoms with Crippen LogP contribution in [0.5, 0.6) is 0 Å². The van der Waals surface area contributed by atoms with Gasteiger partial charge in [-0.1, -0.05) is 29.3 Å². The van der Waals surface area contributed by atoms with Gasteiger partial charge in [0.1, 0.15) is 4.49 Å². The summed E-state index contributed by atoms with van der Waals surface area (Å²) in [5.74, 6) is 0. The van der Waals surface area contributed by atoms with Gasteiger partial charge in [-0.05, 0) is 24.3 Å². The second-order valence-corrected chi connectivity index (χ2v) is 4.25. The summed E-state index contributed by atoms with van der Waals surface area (Å²) in [5.41, 5.74) is 7.71. The fourth-order valence-electron chi connectivity index (χ4n) is 1.57. The maximum atomic E-state index is 5.84. The molecule has 2 nitrogen and oxygen atoms in total. The van der Waals surface area contributed by atoms with Crippen LogP contribution in [-0.2, 0) is 6.54 Å². The summed E-state index contributed by atoms with van der Waals surface area (Å²) in [7, 11) is 0. The van der Waals surface area contributed by atoms with Crippen LogP contribution in [0.25, 0.3) is 10.9 Å². The number of hydrogen-bond donors (Lipinski definition) is 1. The van der Waals surface area contributed by atoms with Crippen molar-refractivity contribution in [1.29, 1.82) is 0 Å². The van der Waals surface area contributed by atoms with Crippen LogP contribution in [0.1, 0.15) is 0 Å². The van der Waals surface area contributed by atoms with E-state index in [0.29, 0.717) is 6.54 Å². The third-order valence-electron chi connectivity index (χ3n) is 2.29. The minimum Gasteiger partial charge on any atom is -0.398 e. The number of benzene rings is 1. The van der Waals surface area contributed by atoms with E-state index in [4.69, 9.17) is 28.9 Å². The SMILES string of the molecule is Nc1cccc2c1ccn2CC=C(Cl)Cl. The molecule has 0 saturated carbocycles. The van der Waals surface area contributed by atoms with Crippen molar-refractivity contribution in [2.45, 2.75) is 6.54 Å². The van der Waals surface area contributed by atoms with Crippen LogP contribution >= 0.6 is 23.2 Å². The highest BCUT2D eigenvalue weighted by atomic mass is 35.5. The molecular formula is C11H10Cl2N2. The van der Waals surface area contributed by atoms with Crippen LogP contribution in [0.15, 0.2) is 41.0 Å². The molecule has 0 saturated heterocycles. The number of nitrogens with zero attached hydrogens (tertiary/aromatic N) is 1. The van der Waals surface area contributed by atoms with Gasteiger partial charge in [0, 0.05) is 23.8 Å². The molecule has 0 radical (unpaired) electrons. The van der Waals surface area contributed by atoms with E-state index in [-0.39, 0.29) is 4.49 Å². The van der Waals surface area contributed by atoms with Gasteiger partial charge in [0.15, 0.2) is 0 Å². The Bertz CT molecular complexity index is 510. The van der Waals surface area contributed by atoms with Crippen molar-refractivity contribution in [2.24, 2.45) is 0 Å². The van der Waals surface area contributed by atoms with Crippen LogP contribution in [0.4, 0.5) is 5.69 Å². The van der Waals surface area contributed by atoms with Gasteiger partial charge in [-0.25, -0.2) is 0 Å². The Morgan fingerprint density at radius 3 is 2.87 bits per heavy atom. The van der Waals surface area contributed by atoms with Gasteiger partial charge in [0.05, 0.1) is 5.52 Å². The lowest BCUT2D eigenvalue weighted by Gasteiger charge is -2.02. The molecule has 0 spiro atoms. The molecule has 2 N–H and O–H groups in total. The largest absolute Gasteiger partial charge is 0.398 e. The Morgan fingerprint density at radius 2 is 2.13 bits per heavy atom. The molecular weight excluding hydrogens is 231 g/mol. The fraction of sp³-hybridized carbons (Fsp3) is 0.0909. The first-order valence-corrected chi connectivity index (χ1v) is 5.28. The maximum absolute atomic E-state index is 5.84. The first-order valence-electron chi connectivity index (χ1n) is 4.53. The molecule has 0 unspecified atom stereocenters. The average Bonchev–Trinajstić information content (AvgIpc) is 2.59. The minimum absolute atomic E-state index is 0.278. The van der Waals surface area contributed by atoms with Crippen molar-refractivity contribution in [3.05, 3.63) is 41.0 Å². The molecule has 0 atom stereocenters. The summed E-state index contributed by atoms with van der Waals surface area (Å²) in [6.45, 7) is 0.648. The Balaban J connectivity index is 2.45. The zero-order chi connectivity index (χ0) is 10.8. The molecule has 0 aliphatic carbocycles. The maximum Gasteiger partial charge on any atom is 0.104 e. The van der Waals surface area contributed by atoms with Gasteiger partial charge >= 0.3 is 0 Å². The van der Waals surface area contributed by atoms with E-state index >= 15 is 0 Å². The normalized spacial score (nSPS) is 10.5. The van der Waals surface area contributed by atoms with Crippen molar-refractivity contribution in [3.8, 4) is 0 Å². The van der Waals surface area contributed by atoms with E-state index in [0.717, 1.165) is 16.6 Å². The van der Waals surface area contributed by atoms with Crippen LogP contribution in [0.2, 0.25) is 0 Å². The summed E-state index contributed by atoms with van der Waals surface area (Å²) < 4.78 is 2.32. The number of aromatic nitrogens is 1. The summed E-state index contributed by atoms with van der Waals surface area (Å²) in [6.07, 6.45) is 3.71. The summed E-state index contributed by atoms with van der Waals surface area (Å²) in [5, 5.41) is 1.05. The second kappa shape index (κ2) is 4.17. The highest BCUT2D eigenvalue weighted by Crippen LogP contribution is 2.22. The number of fused-ring (bicyclic) bond motifs is 1. The molecule has 1 heterocycles. The Morgan fingerprint density at radius 1 is 1.33 bits per heavy atom. The van der Waals surface area contributed by atoms with E-state index in [1.807, 2.05) is 35.0 Å². The Kier molecular flexibility index (Phi) is 2.89. The predicted octanol–water partition coefficient (Wildman–Crippen LogP) is 3.54. The molecule has 15 heavy (non-hydrogen) atoms. The highest BCUT2D eigenvalue weighted by Gasteiger charge is 2.01. The van der Waals surface area contributed by atoms with Gasteiger partial charge in [-0.2, -0.15) is 0 Å². The number of hydrogen-bond acceptors (Lipinski definition) is 1. The van der Waals surface area contributed by atoms with E-state index in [1.54, 1.807) is 6.08 Å². The molecule has 0 fully saturated rings. The molecule has 2 rings (SSSR count). The minimum atomic E-state index is 0.278. The van der Waals surface area contributed by atoms with Crippen molar-refractivity contribution >= 4 is 39.8 Å². The average molecular weight is 241 g/mol. The molecule has 0 aliphatic rings. The second-order valence-electron chi connectivity index (χ2n) is 3.24. The molecule has 0 aliphatic heterocycles. The van der Waals surface area contributed by atoms with Crippen LogP contribution in [-0.4, -0.2) is 4.57 Å². The molecule has 1 aromatic heterocycles. The van der Waals surface area contributed by atoms with E-state index in [9.17, 15) is 0 Å². The van der Waals surface area contributed by atoms with Crippen molar-refractivity contribution < 1.29 is 0 Å². The van der Waals surface area contributed by atoms with Crippen LogP contribution < -0.4 is 5.73 Å². The Labute approximate surface area is 97.9 Å². The summed E-state index contributed by atoms with van der Waals surface area (Å²) in [6, 6.07) is 7.82. The number of halogens is 2. The summed E-state index contributed by atoms with van der Waals surface area (Å²) in [4.78, 5) is 0. The Hall–Kier alpha value is -1.12. The molecule has 78 valence electrons. The predicted molar refractivity (Wildman–Crippen MR) is 66.1 cm³/mol. The van der Waals surface area contributed by atoms with Crippen LogP contribution in [0, 0.1) is 0 Å². The molecule has 0 bridgehead atoms. The van der Waals surface area contributed by atoms with Gasteiger partial charge in [0.25, 0.3) is 0 Å². The zero-order valence-electron chi connectivity index (χ0n) is 7.95. The van der Waals surface area contributed by atoms with E-state index in [2.05, 4.69) is 0 Å². The highest BCUT2D eigenvalue weighted by molar-refractivity contribution is 6.55. The monoisotopic (exact) mass is 240 g/mol. The number of allylic oxidation sites excluding steroid dienone is 1.